The molecule has 1 amide bonds. The van der Waals surface area contributed by atoms with Crippen LogP contribution in [0, 0.1) is 0 Å². The Balaban J connectivity index is 1.98. The van der Waals surface area contributed by atoms with Crippen LogP contribution in [-0.4, -0.2) is 38.7 Å². The second-order valence-corrected chi connectivity index (χ2v) is 5.92. The first-order valence-electron chi connectivity index (χ1n) is 6.58. The quantitative estimate of drug-likeness (QED) is 0.867. The van der Waals surface area contributed by atoms with Crippen molar-refractivity contribution in [2.75, 3.05) is 7.05 Å². The predicted molar refractivity (Wildman–Crippen MR) is 78.8 cm³/mol. The molecule has 20 heavy (non-hydrogen) atoms. The summed E-state index contributed by atoms with van der Waals surface area (Å²) < 4.78 is 2.53. The normalized spacial score (nSPS) is 14.9. The number of hydrogen-bond acceptors (Lipinski definition) is 3. The number of benzene rings is 1. The fraction of sp³-hybridized carbons (Fsp3) is 0.357. The van der Waals surface area contributed by atoms with E-state index in [1.807, 2.05) is 30.1 Å². The van der Waals surface area contributed by atoms with E-state index in [-0.39, 0.29) is 5.91 Å². The molecule has 6 heteroatoms. The van der Waals surface area contributed by atoms with Crippen molar-refractivity contribution in [3.63, 3.8) is 0 Å². The summed E-state index contributed by atoms with van der Waals surface area (Å²) in [6.07, 6.45) is 6.46. The van der Waals surface area contributed by atoms with Crippen LogP contribution in [0.15, 0.2) is 35.3 Å². The smallest absolute Gasteiger partial charge is 0.256 e. The lowest BCUT2D eigenvalue weighted by molar-refractivity contribution is 0.0652. The summed E-state index contributed by atoms with van der Waals surface area (Å²) in [6.45, 7) is 0. The first kappa shape index (κ1) is 13.3. The van der Waals surface area contributed by atoms with E-state index in [1.165, 1.54) is 12.7 Å². The Labute approximate surface area is 125 Å². The van der Waals surface area contributed by atoms with Crippen molar-refractivity contribution in [1.29, 1.82) is 0 Å². The lowest BCUT2D eigenvalue weighted by atomic mass is 9.91. The first-order chi connectivity index (χ1) is 9.66. The van der Waals surface area contributed by atoms with E-state index < -0.39 is 0 Å². The van der Waals surface area contributed by atoms with Gasteiger partial charge in [-0.25, -0.2) is 9.67 Å². The molecule has 0 aliphatic heterocycles. The van der Waals surface area contributed by atoms with Crippen molar-refractivity contribution in [3.8, 4) is 5.69 Å². The topological polar surface area (TPSA) is 51.0 Å². The van der Waals surface area contributed by atoms with E-state index in [0.29, 0.717) is 11.6 Å². The molecule has 1 saturated carbocycles. The van der Waals surface area contributed by atoms with E-state index in [1.54, 1.807) is 11.0 Å². The number of aromatic nitrogens is 3. The lowest BCUT2D eigenvalue weighted by Gasteiger charge is -2.35. The van der Waals surface area contributed by atoms with Gasteiger partial charge in [0, 0.05) is 17.6 Å². The molecule has 0 N–H and O–H groups in total. The van der Waals surface area contributed by atoms with Crippen LogP contribution in [0.2, 0.25) is 0 Å². The van der Waals surface area contributed by atoms with E-state index in [2.05, 4.69) is 26.0 Å². The molecule has 2 aromatic rings. The molecule has 5 nitrogen and oxygen atoms in total. The molecule has 1 aliphatic carbocycles. The number of hydrogen-bond donors (Lipinski definition) is 0. The minimum Gasteiger partial charge on any atom is -0.339 e. The molecule has 3 rings (SSSR count). The number of carbonyl (C=O) groups is 1. The second-order valence-electron chi connectivity index (χ2n) is 5.00. The van der Waals surface area contributed by atoms with Gasteiger partial charge in [-0.05, 0) is 37.5 Å². The molecule has 104 valence electrons. The Morgan fingerprint density at radius 3 is 2.85 bits per heavy atom. The number of amides is 1. The van der Waals surface area contributed by atoms with Crippen LogP contribution >= 0.6 is 15.9 Å². The highest BCUT2D eigenvalue weighted by Crippen LogP contribution is 2.27. The maximum Gasteiger partial charge on any atom is 0.256 e. The number of carbonyl (C=O) groups excluding carboxylic acids is 1. The van der Waals surface area contributed by atoms with Crippen LogP contribution in [0.4, 0.5) is 0 Å². The maximum atomic E-state index is 12.7. The summed E-state index contributed by atoms with van der Waals surface area (Å²) >= 11 is 3.44. The van der Waals surface area contributed by atoms with E-state index in [9.17, 15) is 4.79 Å². The molecule has 0 unspecified atom stereocenters. The van der Waals surface area contributed by atoms with Gasteiger partial charge in [0.25, 0.3) is 5.91 Å². The van der Waals surface area contributed by atoms with Gasteiger partial charge in [-0.15, -0.1) is 0 Å². The number of rotatable bonds is 3. The largest absolute Gasteiger partial charge is 0.339 e. The first-order valence-corrected chi connectivity index (χ1v) is 7.38. The molecule has 0 atom stereocenters. The molecule has 0 bridgehead atoms. The van der Waals surface area contributed by atoms with Crippen LogP contribution in [0.25, 0.3) is 5.69 Å². The highest BCUT2D eigenvalue weighted by molar-refractivity contribution is 9.10. The zero-order chi connectivity index (χ0) is 14.1. The monoisotopic (exact) mass is 334 g/mol. The van der Waals surface area contributed by atoms with E-state index in [4.69, 9.17) is 0 Å². The maximum absolute atomic E-state index is 12.7. The van der Waals surface area contributed by atoms with Crippen molar-refractivity contribution in [3.05, 3.63) is 40.9 Å². The Morgan fingerprint density at radius 2 is 2.25 bits per heavy atom. The summed E-state index contributed by atoms with van der Waals surface area (Å²) in [5.74, 6) is 0.0349. The molecule has 1 aromatic carbocycles. The highest BCUT2D eigenvalue weighted by atomic mass is 79.9. The molecule has 0 radical (unpaired) electrons. The third kappa shape index (κ3) is 2.35. The van der Waals surface area contributed by atoms with Crippen molar-refractivity contribution in [2.24, 2.45) is 0 Å². The Morgan fingerprint density at radius 1 is 1.45 bits per heavy atom. The van der Waals surface area contributed by atoms with Crippen molar-refractivity contribution in [2.45, 2.75) is 25.3 Å². The highest BCUT2D eigenvalue weighted by Gasteiger charge is 2.27. The van der Waals surface area contributed by atoms with Gasteiger partial charge in [0.05, 0.1) is 11.3 Å². The van der Waals surface area contributed by atoms with E-state index in [0.717, 1.165) is 23.0 Å². The van der Waals surface area contributed by atoms with Gasteiger partial charge >= 0.3 is 0 Å². The molecule has 0 saturated heterocycles. The van der Waals surface area contributed by atoms with Crippen molar-refractivity contribution in [1.82, 2.24) is 19.7 Å². The SMILES string of the molecule is CN(C(=O)c1ccc(Br)cc1-n1cncn1)C1CCC1. The van der Waals surface area contributed by atoms with Crippen LogP contribution in [-0.2, 0) is 0 Å². The zero-order valence-electron chi connectivity index (χ0n) is 11.2. The van der Waals surface area contributed by atoms with Gasteiger partial charge in [0.1, 0.15) is 12.7 Å². The molecule has 1 fully saturated rings. The Hall–Kier alpha value is -1.69. The average molecular weight is 335 g/mol. The summed E-state index contributed by atoms with van der Waals surface area (Å²) in [5, 5.41) is 4.12. The van der Waals surface area contributed by atoms with Crippen LogP contribution < -0.4 is 0 Å². The predicted octanol–water partition coefficient (Wildman–Crippen LogP) is 2.65. The van der Waals surface area contributed by atoms with Crippen molar-refractivity contribution < 1.29 is 4.79 Å². The molecular formula is C14H15BrN4O. The summed E-state index contributed by atoms with van der Waals surface area (Å²) in [6, 6.07) is 5.96. The third-order valence-corrected chi connectivity index (χ3v) is 4.29. The minimum atomic E-state index is 0.0349. The van der Waals surface area contributed by atoms with Crippen LogP contribution in [0.5, 0.6) is 0 Å². The van der Waals surface area contributed by atoms with Gasteiger partial charge in [-0.1, -0.05) is 15.9 Å². The molecule has 1 aliphatic rings. The summed E-state index contributed by atoms with van der Waals surface area (Å²) in [5.41, 5.74) is 1.39. The standard InChI is InChI=1S/C14H15BrN4O/c1-18(11-3-2-4-11)14(20)12-6-5-10(15)7-13(12)19-9-16-8-17-19/h5-9,11H,2-4H2,1H3. The molecule has 1 aromatic heterocycles. The van der Waals surface area contributed by atoms with Gasteiger partial charge in [0.15, 0.2) is 0 Å². The fourth-order valence-corrected chi connectivity index (χ4v) is 2.69. The molecule has 0 spiro atoms. The molecule has 1 heterocycles. The molecular weight excluding hydrogens is 320 g/mol. The number of nitrogens with zero attached hydrogens (tertiary/aromatic N) is 4. The minimum absolute atomic E-state index is 0.0349. The zero-order valence-corrected chi connectivity index (χ0v) is 12.7. The van der Waals surface area contributed by atoms with Gasteiger partial charge in [0.2, 0.25) is 0 Å². The lowest BCUT2D eigenvalue weighted by Crippen LogP contribution is -2.41. The van der Waals surface area contributed by atoms with E-state index >= 15 is 0 Å². The van der Waals surface area contributed by atoms with Crippen LogP contribution in [0.3, 0.4) is 0 Å². The Bertz CT molecular complexity index is 622. The third-order valence-electron chi connectivity index (χ3n) is 3.80. The Kier molecular flexibility index (Phi) is 3.56. The van der Waals surface area contributed by atoms with Crippen LogP contribution in [0.1, 0.15) is 29.6 Å². The summed E-state index contributed by atoms with van der Waals surface area (Å²) in [7, 11) is 1.87. The second kappa shape index (κ2) is 5.36. The van der Waals surface area contributed by atoms with Gasteiger partial charge in [-0.3, -0.25) is 4.79 Å². The van der Waals surface area contributed by atoms with Crippen molar-refractivity contribution >= 4 is 21.8 Å². The number of halogens is 1. The van der Waals surface area contributed by atoms with Gasteiger partial charge in [-0.2, -0.15) is 5.10 Å². The average Bonchev–Trinajstić information content (AvgIpc) is 2.89. The van der Waals surface area contributed by atoms with Gasteiger partial charge < -0.3 is 4.90 Å². The fourth-order valence-electron chi connectivity index (χ4n) is 2.34. The summed E-state index contributed by atoms with van der Waals surface area (Å²) in [4.78, 5) is 18.4.